The average Bonchev–Trinajstić information content (AvgIpc) is 2.78. The van der Waals surface area contributed by atoms with Gasteiger partial charge in [-0.15, -0.1) is 0 Å². The fraction of sp³-hybridized carbons (Fsp3) is 0.440. The molecule has 10 heteroatoms. The fourth-order valence-electron chi connectivity index (χ4n) is 3.64. The number of aryl methyl sites for hydroxylation is 1. The number of rotatable bonds is 11. The molecule has 192 valence electrons. The van der Waals surface area contributed by atoms with E-state index < -0.39 is 28.5 Å². The van der Waals surface area contributed by atoms with Gasteiger partial charge in [0.1, 0.15) is 12.6 Å². The van der Waals surface area contributed by atoms with Crippen LogP contribution in [0.4, 0.5) is 5.69 Å². The van der Waals surface area contributed by atoms with E-state index in [2.05, 4.69) is 5.32 Å². The molecule has 0 saturated heterocycles. The highest BCUT2D eigenvalue weighted by atomic mass is 35.5. The van der Waals surface area contributed by atoms with Crippen LogP contribution in [0.3, 0.4) is 0 Å². The van der Waals surface area contributed by atoms with Gasteiger partial charge in [0, 0.05) is 17.6 Å². The first-order chi connectivity index (χ1) is 16.4. The molecule has 35 heavy (non-hydrogen) atoms. The molecule has 0 fully saturated rings. The molecule has 1 N–H and O–H groups in total. The largest absolute Gasteiger partial charge is 0.352 e. The van der Waals surface area contributed by atoms with Gasteiger partial charge in [-0.05, 0) is 50.5 Å². The van der Waals surface area contributed by atoms with Gasteiger partial charge in [0.15, 0.2) is 0 Å². The second-order valence-corrected chi connectivity index (χ2v) is 11.4. The Labute approximate surface area is 218 Å². The molecule has 0 saturated carbocycles. The van der Waals surface area contributed by atoms with Gasteiger partial charge >= 0.3 is 0 Å². The number of sulfonamides is 1. The molecular formula is C25H33Cl2N3O4S. The molecule has 0 radical (unpaired) electrons. The fourth-order valence-corrected chi connectivity index (χ4v) is 4.93. The van der Waals surface area contributed by atoms with Crippen molar-refractivity contribution in [2.24, 2.45) is 0 Å². The van der Waals surface area contributed by atoms with E-state index in [-0.39, 0.29) is 34.2 Å². The van der Waals surface area contributed by atoms with Crippen molar-refractivity contribution in [1.29, 1.82) is 0 Å². The zero-order valence-corrected chi connectivity index (χ0v) is 23.0. The van der Waals surface area contributed by atoms with Crippen LogP contribution >= 0.6 is 23.2 Å². The van der Waals surface area contributed by atoms with Crippen LogP contribution in [-0.4, -0.2) is 50.0 Å². The van der Waals surface area contributed by atoms with Gasteiger partial charge in [0.05, 0.1) is 17.0 Å². The maximum atomic E-state index is 13.7. The van der Waals surface area contributed by atoms with E-state index in [9.17, 15) is 18.0 Å². The van der Waals surface area contributed by atoms with E-state index in [0.717, 1.165) is 28.1 Å². The van der Waals surface area contributed by atoms with Gasteiger partial charge in [-0.1, -0.05) is 66.9 Å². The summed E-state index contributed by atoms with van der Waals surface area (Å²) >= 11 is 12.3. The van der Waals surface area contributed by atoms with Crippen LogP contribution in [0.2, 0.25) is 10.0 Å². The van der Waals surface area contributed by atoms with Crippen LogP contribution in [0.15, 0.2) is 42.5 Å². The third-order valence-corrected chi connectivity index (χ3v) is 7.36. The van der Waals surface area contributed by atoms with E-state index in [4.69, 9.17) is 23.2 Å². The molecule has 7 nitrogen and oxygen atoms in total. The van der Waals surface area contributed by atoms with E-state index in [1.54, 1.807) is 0 Å². The standard InChI is InChI=1S/C25H33Cl2N3O4S/c1-6-18(4)28-25(32)22(7-2)29(15-19-10-8-9-17(3)13-19)24(31)16-30(35(5,33)34)23-14-20(26)11-12-21(23)27/h8-14,18,22H,6-7,15-16H2,1-5H3,(H,28,32). The Hall–Kier alpha value is -2.29. The number of nitrogens with one attached hydrogen (secondary N) is 1. The molecule has 0 aliphatic rings. The zero-order chi connectivity index (χ0) is 26.3. The lowest BCUT2D eigenvalue weighted by atomic mass is 10.1. The minimum Gasteiger partial charge on any atom is -0.352 e. The highest BCUT2D eigenvalue weighted by Crippen LogP contribution is 2.31. The Morgan fingerprint density at radius 3 is 2.31 bits per heavy atom. The van der Waals surface area contributed by atoms with Crippen LogP contribution in [-0.2, 0) is 26.2 Å². The van der Waals surface area contributed by atoms with Gasteiger partial charge in [-0.3, -0.25) is 13.9 Å². The van der Waals surface area contributed by atoms with Crippen molar-refractivity contribution in [3.05, 3.63) is 63.6 Å². The number of nitrogens with zero attached hydrogens (tertiary/aromatic N) is 2. The van der Waals surface area contributed by atoms with Crippen molar-refractivity contribution in [2.75, 3.05) is 17.1 Å². The summed E-state index contributed by atoms with van der Waals surface area (Å²) < 4.78 is 26.3. The molecule has 2 unspecified atom stereocenters. The molecule has 0 aromatic heterocycles. The van der Waals surface area contributed by atoms with Crippen molar-refractivity contribution in [1.82, 2.24) is 10.2 Å². The van der Waals surface area contributed by atoms with Crippen LogP contribution in [0.5, 0.6) is 0 Å². The minimum atomic E-state index is -3.90. The summed E-state index contributed by atoms with van der Waals surface area (Å²) in [4.78, 5) is 28.2. The van der Waals surface area contributed by atoms with Gasteiger partial charge in [-0.25, -0.2) is 8.42 Å². The van der Waals surface area contributed by atoms with Crippen molar-refractivity contribution in [3.8, 4) is 0 Å². The highest BCUT2D eigenvalue weighted by Gasteiger charge is 2.32. The van der Waals surface area contributed by atoms with E-state index in [1.807, 2.05) is 52.0 Å². The summed E-state index contributed by atoms with van der Waals surface area (Å²) in [6, 6.07) is 11.2. The monoisotopic (exact) mass is 541 g/mol. The summed E-state index contributed by atoms with van der Waals surface area (Å²) in [5.74, 6) is -0.811. The van der Waals surface area contributed by atoms with Crippen LogP contribution in [0, 0.1) is 6.92 Å². The summed E-state index contributed by atoms with van der Waals surface area (Å²) in [7, 11) is -3.90. The number of carbonyl (C=O) groups is 2. The number of amides is 2. The second-order valence-electron chi connectivity index (χ2n) is 8.62. The van der Waals surface area contributed by atoms with Crippen molar-refractivity contribution in [2.45, 2.75) is 59.2 Å². The maximum absolute atomic E-state index is 13.7. The lowest BCUT2D eigenvalue weighted by molar-refractivity contribution is -0.140. The van der Waals surface area contributed by atoms with E-state index in [0.29, 0.717) is 6.42 Å². The third-order valence-electron chi connectivity index (χ3n) is 5.68. The van der Waals surface area contributed by atoms with Gasteiger partial charge in [0.25, 0.3) is 0 Å². The Morgan fingerprint density at radius 1 is 1.06 bits per heavy atom. The van der Waals surface area contributed by atoms with E-state index >= 15 is 0 Å². The Bertz CT molecular complexity index is 1160. The van der Waals surface area contributed by atoms with E-state index in [1.165, 1.54) is 23.1 Å². The Morgan fingerprint density at radius 2 is 1.74 bits per heavy atom. The number of anilines is 1. The normalized spacial score (nSPS) is 13.1. The number of hydrogen-bond donors (Lipinski definition) is 1. The van der Waals surface area contributed by atoms with Crippen molar-refractivity contribution < 1.29 is 18.0 Å². The lowest BCUT2D eigenvalue weighted by Gasteiger charge is -2.33. The molecule has 0 heterocycles. The van der Waals surface area contributed by atoms with Gasteiger partial charge in [0.2, 0.25) is 21.8 Å². The molecule has 0 aliphatic heterocycles. The summed E-state index contributed by atoms with van der Waals surface area (Å²) in [6.07, 6.45) is 2.09. The molecule has 0 spiro atoms. The van der Waals surface area contributed by atoms with Gasteiger partial charge < -0.3 is 10.2 Å². The van der Waals surface area contributed by atoms with Crippen LogP contribution in [0.1, 0.15) is 44.7 Å². The second kappa shape index (κ2) is 12.6. The Kier molecular flexibility index (Phi) is 10.4. The SMILES string of the molecule is CCC(C)NC(=O)C(CC)N(Cc1cccc(C)c1)C(=O)CN(c1cc(Cl)ccc1Cl)S(C)(=O)=O. The topological polar surface area (TPSA) is 86.8 Å². The zero-order valence-electron chi connectivity index (χ0n) is 20.7. The first-order valence-corrected chi connectivity index (χ1v) is 14.1. The first kappa shape index (κ1) is 28.9. The number of hydrogen-bond acceptors (Lipinski definition) is 4. The minimum absolute atomic E-state index is 0.0646. The van der Waals surface area contributed by atoms with Gasteiger partial charge in [-0.2, -0.15) is 0 Å². The predicted molar refractivity (Wildman–Crippen MR) is 142 cm³/mol. The smallest absolute Gasteiger partial charge is 0.244 e. The molecule has 2 aromatic carbocycles. The highest BCUT2D eigenvalue weighted by molar-refractivity contribution is 7.92. The third kappa shape index (κ3) is 8.12. The quantitative estimate of drug-likeness (QED) is 0.443. The molecule has 2 amide bonds. The maximum Gasteiger partial charge on any atom is 0.244 e. The molecule has 2 atom stereocenters. The summed E-state index contributed by atoms with van der Waals surface area (Å²) in [6.45, 7) is 7.23. The summed E-state index contributed by atoms with van der Waals surface area (Å²) in [5.41, 5.74) is 1.94. The molecule has 0 bridgehead atoms. The molecular weight excluding hydrogens is 509 g/mol. The van der Waals surface area contributed by atoms with Crippen molar-refractivity contribution in [3.63, 3.8) is 0 Å². The summed E-state index contributed by atoms with van der Waals surface area (Å²) in [5, 5.41) is 3.36. The molecule has 2 rings (SSSR count). The predicted octanol–water partition coefficient (Wildman–Crippen LogP) is 4.79. The number of halogens is 2. The Balaban J connectivity index is 2.49. The molecule has 0 aliphatic carbocycles. The van der Waals surface area contributed by atoms with Crippen molar-refractivity contribution >= 4 is 50.7 Å². The first-order valence-electron chi connectivity index (χ1n) is 11.5. The van der Waals surface area contributed by atoms with Crippen LogP contribution in [0.25, 0.3) is 0 Å². The number of benzene rings is 2. The van der Waals surface area contributed by atoms with Crippen LogP contribution < -0.4 is 9.62 Å². The molecule has 2 aromatic rings. The lowest BCUT2D eigenvalue weighted by Crippen LogP contribution is -2.53. The average molecular weight is 543 g/mol. The number of carbonyl (C=O) groups excluding carboxylic acids is 2.